The number of likely N-dealkylation sites (N-methyl/N-ethyl adjacent to an activating group) is 1. The zero-order valence-corrected chi connectivity index (χ0v) is 10.1. The van der Waals surface area contributed by atoms with Crippen molar-refractivity contribution in [3.05, 3.63) is 24.3 Å². The molecule has 0 radical (unpaired) electrons. The highest BCUT2D eigenvalue weighted by atomic mass is 15.5. The van der Waals surface area contributed by atoms with Gasteiger partial charge < -0.3 is 0 Å². The molecule has 0 N–H and O–H groups in total. The molecule has 0 spiro atoms. The van der Waals surface area contributed by atoms with Gasteiger partial charge in [-0.25, -0.2) is 4.68 Å². The minimum absolute atomic E-state index is 0.830. The Morgan fingerprint density at radius 2 is 2.00 bits per heavy atom. The molecule has 3 rings (SSSR count). The van der Waals surface area contributed by atoms with Crippen molar-refractivity contribution in [3.8, 4) is 0 Å². The second-order valence-corrected chi connectivity index (χ2v) is 4.47. The van der Waals surface area contributed by atoms with Crippen LogP contribution in [0.15, 0.2) is 24.3 Å². The molecule has 1 aliphatic rings. The van der Waals surface area contributed by atoms with Gasteiger partial charge in [-0.05, 0) is 18.7 Å². The van der Waals surface area contributed by atoms with E-state index in [1.165, 1.54) is 0 Å². The summed E-state index contributed by atoms with van der Waals surface area (Å²) < 4.78 is 1.98. The van der Waals surface area contributed by atoms with Crippen LogP contribution in [0, 0.1) is 0 Å². The molecule has 2 heterocycles. The minimum Gasteiger partial charge on any atom is -0.289 e. The van der Waals surface area contributed by atoms with Crippen molar-refractivity contribution in [2.24, 2.45) is 0 Å². The van der Waals surface area contributed by atoms with Crippen molar-refractivity contribution < 1.29 is 0 Å². The van der Waals surface area contributed by atoms with Crippen molar-refractivity contribution in [3.63, 3.8) is 0 Å². The zero-order chi connectivity index (χ0) is 11.7. The van der Waals surface area contributed by atoms with Crippen LogP contribution in [0.5, 0.6) is 0 Å². The van der Waals surface area contributed by atoms with Gasteiger partial charge in [0.25, 0.3) is 0 Å². The smallest absolute Gasteiger partial charge is 0.113 e. The topological polar surface area (TPSA) is 37.2 Å². The number of fused-ring (bicyclic) bond motifs is 1. The SMILES string of the molecule is CCN1CCN(Cn2nnc3ccccc32)C1. The summed E-state index contributed by atoms with van der Waals surface area (Å²) in [6, 6.07) is 8.10. The van der Waals surface area contributed by atoms with Gasteiger partial charge in [0.1, 0.15) is 5.52 Å². The van der Waals surface area contributed by atoms with Crippen LogP contribution in [0.3, 0.4) is 0 Å². The summed E-state index contributed by atoms with van der Waals surface area (Å²) in [5, 5.41) is 8.39. The molecule has 1 aromatic heterocycles. The van der Waals surface area contributed by atoms with E-state index in [2.05, 4.69) is 33.1 Å². The van der Waals surface area contributed by atoms with E-state index in [-0.39, 0.29) is 0 Å². The van der Waals surface area contributed by atoms with Crippen LogP contribution in [-0.2, 0) is 6.67 Å². The zero-order valence-electron chi connectivity index (χ0n) is 10.1. The first-order valence-electron chi connectivity index (χ1n) is 6.10. The van der Waals surface area contributed by atoms with E-state index in [9.17, 15) is 0 Å². The van der Waals surface area contributed by atoms with Crippen LogP contribution in [-0.4, -0.2) is 51.1 Å². The highest BCUT2D eigenvalue weighted by molar-refractivity contribution is 5.73. The van der Waals surface area contributed by atoms with E-state index in [1.54, 1.807) is 0 Å². The predicted octanol–water partition coefficient (Wildman–Crippen LogP) is 0.984. The fourth-order valence-electron chi connectivity index (χ4n) is 2.29. The number of rotatable bonds is 3. The lowest BCUT2D eigenvalue weighted by Crippen LogP contribution is -2.27. The van der Waals surface area contributed by atoms with Gasteiger partial charge in [-0.15, -0.1) is 5.10 Å². The van der Waals surface area contributed by atoms with Crippen LogP contribution in [0.25, 0.3) is 11.0 Å². The van der Waals surface area contributed by atoms with Crippen LogP contribution in [0.1, 0.15) is 6.92 Å². The molecule has 1 aliphatic heterocycles. The number of benzene rings is 1. The molecule has 1 fully saturated rings. The highest BCUT2D eigenvalue weighted by Crippen LogP contribution is 2.12. The van der Waals surface area contributed by atoms with Gasteiger partial charge in [0.05, 0.1) is 18.9 Å². The Labute approximate surface area is 101 Å². The first-order chi connectivity index (χ1) is 8.36. The second kappa shape index (κ2) is 4.43. The number of para-hydroxylation sites is 1. The standard InChI is InChI=1S/C12H17N5/c1-2-15-7-8-16(9-15)10-17-12-6-4-3-5-11(12)13-14-17/h3-6H,2,7-10H2,1H3. The molecule has 5 heteroatoms. The summed E-state index contributed by atoms with van der Waals surface area (Å²) in [4.78, 5) is 4.82. The van der Waals surface area contributed by atoms with Gasteiger partial charge in [0, 0.05) is 13.1 Å². The molecule has 1 saturated heterocycles. The van der Waals surface area contributed by atoms with Crippen LogP contribution < -0.4 is 0 Å². The molecule has 0 unspecified atom stereocenters. The van der Waals surface area contributed by atoms with Gasteiger partial charge in [0.2, 0.25) is 0 Å². The molecule has 5 nitrogen and oxygen atoms in total. The molecule has 17 heavy (non-hydrogen) atoms. The van der Waals surface area contributed by atoms with Gasteiger partial charge in [-0.1, -0.05) is 24.3 Å². The first-order valence-corrected chi connectivity index (χ1v) is 6.10. The fraction of sp³-hybridized carbons (Fsp3) is 0.500. The van der Waals surface area contributed by atoms with Crippen molar-refractivity contribution in [2.75, 3.05) is 26.3 Å². The predicted molar refractivity (Wildman–Crippen MR) is 66.3 cm³/mol. The molecule has 0 saturated carbocycles. The van der Waals surface area contributed by atoms with E-state index in [1.807, 2.05) is 22.9 Å². The maximum Gasteiger partial charge on any atom is 0.113 e. The molecule has 2 aromatic rings. The third-order valence-corrected chi connectivity index (χ3v) is 3.33. The monoisotopic (exact) mass is 231 g/mol. The largest absolute Gasteiger partial charge is 0.289 e. The Bertz CT molecular complexity index is 506. The summed E-state index contributed by atoms with van der Waals surface area (Å²) in [5.74, 6) is 0. The van der Waals surface area contributed by atoms with E-state index in [4.69, 9.17) is 0 Å². The van der Waals surface area contributed by atoms with Crippen LogP contribution >= 0.6 is 0 Å². The average molecular weight is 231 g/mol. The lowest BCUT2D eigenvalue weighted by Gasteiger charge is -2.16. The Kier molecular flexibility index (Phi) is 2.78. The molecule has 0 aliphatic carbocycles. The number of hydrogen-bond donors (Lipinski definition) is 0. The summed E-state index contributed by atoms with van der Waals surface area (Å²) in [6.07, 6.45) is 0. The Morgan fingerprint density at radius 3 is 2.82 bits per heavy atom. The number of hydrogen-bond acceptors (Lipinski definition) is 4. The van der Waals surface area contributed by atoms with Crippen molar-refractivity contribution in [1.29, 1.82) is 0 Å². The lowest BCUT2D eigenvalue weighted by atomic mass is 10.3. The summed E-state index contributed by atoms with van der Waals surface area (Å²) in [6.45, 7) is 7.45. The molecule has 0 atom stereocenters. The Hall–Kier alpha value is -1.46. The molecular weight excluding hydrogens is 214 g/mol. The van der Waals surface area contributed by atoms with Crippen molar-refractivity contribution in [2.45, 2.75) is 13.6 Å². The molecule has 1 aromatic carbocycles. The normalized spacial score (nSPS) is 18.2. The molecular formula is C12H17N5. The maximum absolute atomic E-state index is 4.22. The van der Waals surface area contributed by atoms with Gasteiger partial charge >= 0.3 is 0 Å². The quantitative estimate of drug-likeness (QED) is 0.789. The van der Waals surface area contributed by atoms with Crippen LogP contribution in [0.2, 0.25) is 0 Å². The third-order valence-electron chi connectivity index (χ3n) is 3.33. The van der Waals surface area contributed by atoms with E-state index < -0.39 is 0 Å². The van der Waals surface area contributed by atoms with E-state index >= 15 is 0 Å². The van der Waals surface area contributed by atoms with Crippen molar-refractivity contribution in [1.82, 2.24) is 24.8 Å². The van der Waals surface area contributed by atoms with E-state index in [0.717, 1.165) is 44.0 Å². The minimum atomic E-state index is 0.830. The fourth-order valence-corrected chi connectivity index (χ4v) is 2.29. The number of nitrogens with zero attached hydrogens (tertiary/aromatic N) is 5. The number of aromatic nitrogens is 3. The molecule has 0 amide bonds. The summed E-state index contributed by atoms with van der Waals surface area (Å²) in [7, 11) is 0. The third kappa shape index (κ3) is 2.03. The Morgan fingerprint density at radius 1 is 1.18 bits per heavy atom. The van der Waals surface area contributed by atoms with Gasteiger partial charge in [-0.2, -0.15) is 0 Å². The van der Waals surface area contributed by atoms with E-state index in [0.29, 0.717) is 0 Å². The van der Waals surface area contributed by atoms with Crippen LogP contribution in [0.4, 0.5) is 0 Å². The van der Waals surface area contributed by atoms with Crippen molar-refractivity contribution >= 4 is 11.0 Å². The lowest BCUT2D eigenvalue weighted by molar-refractivity contribution is 0.206. The Balaban J connectivity index is 1.77. The van der Waals surface area contributed by atoms with Gasteiger partial charge in [0.15, 0.2) is 0 Å². The summed E-state index contributed by atoms with van der Waals surface area (Å²) >= 11 is 0. The summed E-state index contributed by atoms with van der Waals surface area (Å²) in [5.41, 5.74) is 2.08. The maximum atomic E-state index is 4.22. The van der Waals surface area contributed by atoms with Gasteiger partial charge in [-0.3, -0.25) is 9.80 Å². The first kappa shape index (κ1) is 10.7. The molecule has 0 bridgehead atoms. The molecule has 90 valence electrons. The highest BCUT2D eigenvalue weighted by Gasteiger charge is 2.19. The average Bonchev–Trinajstić information content (AvgIpc) is 2.97. The second-order valence-electron chi connectivity index (χ2n) is 4.47.